The summed E-state index contributed by atoms with van der Waals surface area (Å²) in [5, 5.41) is 3.65. The molecule has 0 amide bonds. The molecule has 2 nitrogen and oxygen atoms in total. The highest BCUT2D eigenvalue weighted by atomic mass is 15.0. The second-order valence-electron chi connectivity index (χ2n) is 4.77. The monoisotopic (exact) mass is 182 g/mol. The SMILES string of the molecule is CCC1CC1NCC1CCCC1N. The maximum Gasteiger partial charge on any atom is 0.00991 e. The van der Waals surface area contributed by atoms with Crippen LogP contribution < -0.4 is 11.1 Å². The Bertz CT molecular complexity index is 169. The minimum atomic E-state index is 0.478. The Morgan fingerprint density at radius 1 is 1.31 bits per heavy atom. The van der Waals surface area contributed by atoms with E-state index in [0.29, 0.717) is 6.04 Å². The Labute approximate surface area is 81.3 Å². The van der Waals surface area contributed by atoms with Crippen LogP contribution in [0.4, 0.5) is 0 Å². The van der Waals surface area contributed by atoms with Crippen molar-refractivity contribution >= 4 is 0 Å². The van der Waals surface area contributed by atoms with Gasteiger partial charge in [0.05, 0.1) is 0 Å². The van der Waals surface area contributed by atoms with Crippen LogP contribution in [0.15, 0.2) is 0 Å². The molecule has 2 rings (SSSR count). The third kappa shape index (κ3) is 2.23. The molecule has 0 spiro atoms. The smallest absolute Gasteiger partial charge is 0.00991 e. The van der Waals surface area contributed by atoms with Gasteiger partial charge in [-0.3, -0.25) is 0 Å². The quantitative estimate of drug-likeness (QED) is 0.691. The first-order chi connectivity index (χ1) is 6.31. The van der Waals surface area contributed by atoms with Crippen molar-refractivity contribution in [1.82, 2.24) is 5.32 Å². The zero-order valence-electron chi connectivity index (χ0n) is 8.63. The van der Waals surface area contributed by atoms with Crippen LogP contribution in [-0.4, -0.2) is 18.6 Å². The van der Waals surface area contributed by atoms with Crippen molar-refractivity contribution in [2.24, 2.45) is 17.6 Å². The molecule has 2 aliphatic carbocycles. The third-order valence-electron chi connectivity index (χ3n) is 3.81. The molecule has 0 aromatic carbocycles. The van der Waals surface area contributed by atoms with E-state index in [-0.39, 0.29) is 0 Å². The average Bonchev–Trinajstić information content (AvgIpc) is 2.79. The lowest BCUT2D eigenvalue weighted by atomic mass is 10.0. The number of rotatable bonds is 4. The number of nitrogens with one attached hydrogen (secondary N) is 1. The molecule has 0 saturated heterocycles. The summed E-state index contributed by atoms with van der Waals surface area (Å²) in [5.41, 5.74) is 6.01. The Morgan fingerprint density at radius 2 is 2.15 bits per heavy atom. The molecule has 2 heteroatoms. The molecule has 2 aliphatic rings. The maximum absolute atomic E-state index is 6.01. The summed E-state index contributed by atoms with van der Waals surface area (Å²) in [6.45, 7) is 3.45. The van der Waals surface area contributed by atoms with E-state index in [1.165, 1.54) is 38.6 Å². The molecule has 0 heterocycles. The van der Waals surface area contributed by atoms with Crippen LogP contribution in [0.25, 0.3) is 0 Å². The zero-order valence-corrected chi connectivity index (χ0v) is 8.63. The van der Waals surface area contributed by atoms with Crippen molar-refractivity contribution < 1.29 is 0 Å². The minimum absolute atomic E-state index is 0.478. The Morgan fingerprint density at radius 3 is 2.69 bits per heavy atom. The van der Waals surface area contributed by atoms with Gasteiger partial charge in [-0.1, -0.05) is 19.8 Å². The van der Waals surface area contributed by atoms with Gasteiger partial charge in [0, 0.05) is 12.1 Å². The normalized spacial score (nSPS) is 43.8. The van der Waals surface area contributed by atoms with Crippen LogP contribution in [0.5, 0.6) is 0 Å². The molecule has 13 heavy (non-hydrogen) atoms. The van der Waals surface area contributed by atoms with Gasteiger partial charge in [-0.15, -0.1) is 0 Å². The fourth-order valence-electron chi connectivity index (χ4n) is 2.57. The van der Waals surface area contributed by atoms with E-state index in [1.807, 2.05) is 0 Å². The van der Waals surface area contributed by atoms with E-state index in [4.69, 9.17) is 5.73 Å². The highest BCUT2D eigenvalue weighted by Crippen LogP contribution is 2.33. The number of hydrogen-bond acceptors (Lipinski definition) is 2. The van der Waals surface area contributed by atoms with Gasteiger partial charge in [-0.2, -0.15) is 0 Å². The summed E-state index contributed by atoms with van der Waals surface area (Å²) in [7, 11) is 0. The van der Waals surface area contributed by atoms with Crippen LogP contribution >= 0.6 is 0 Å². The lowest BCUT2D eigenvalue weighted by molar-refractivity contribution is 0.434. The van der Waals surface area contributed by atoms with Crippen molar-refractivity contribution in [2.75, 3.05) is 6.54 Å². The van der Waals surface area contributed by atoms with Crippen molar-refractivity contribution in [3.8, 4) is 0 Å². The molecule has 76 valence electrons. The van der Waals surface area contributed by atoms with Crippen LogP contribution in [0, 0.1) is 11.8 Å². The molecule has 4 unspecified atom stereocenters. The van der Waals surface area contributed by atoms with Gasteiger partial charge < -0.3 is 11.1 Å². The zero-order chi connectivity index (χ0) is 9.26. The summed E-state index contributed by atoms with van der Waals surface area (Å²) < 4.78 is 0. The summed E-state index contributed by atoms with van der Waals surface area (Å²) in [4.78, 5) is 0. The number of hydrogen-bond donors (Lipinski definition) is 2. The van der Waals surface area contributed by atoms with Crippen molar-refractivity contribution in [1.29, 1.82) is 0 Å². The van der Waals surface area contributed by atoms with E-state index in [1.54, 1.807) is 0 Å². The maximum atomic E-state index is 6.01. The van der Waals surface area contributed by atoms with Crippen LogP contribution in [0.1, 0.15) is 39.0 Å². The molecule has 0 aliphatic heterocycles. The van der Waals surface area contributed by atoms with Crippen LogP contribution in [0.3, 0.4) is 0 Å². The first-order valence-corrected chi connectivity index (χ1v) is 5.80. The van der Waals surface area contributed by atoms with E-state index in [0.717, 1.165) is 17.9 Å². The van der Waals surface area contributed by atoms with Crippen molar-refractivity contribution in [2.45, 2.75) is 51.1 Å². The van der Waals surface area contributed by atoms with E-state index >= 15 is 0 Å². The van der Waals surface area contributed by atoms with Gasteiger partial charge in [0.2, 0.25) is 0 Å². The predicted octanol–water partition coefficient (Wildman–Crippen LogP) is 1.50. The summed E-state index contributed by atoms with van der Waals surface area (Å²) in [5.74, 6) is 1.73. The Hall–Kier alpha value is -0.0800. The van der Waals surface area contributed by atoms with Crippen molar-refractivity contribution in [3.05, 3.63) is 0 Å². The van der Waals surface area contributed by atoms with E-state index < -0.39 is 0 Å². The molecule has 2 saturated carbocycles. The largest absolute Gasteiger partial charge is 0.327 e. The molecule has 3 N–H and O–H groups in total. The van der Waals surface area contributed by atoms with Gasteiger partial charge in [0.25, 0.3) is 0 Å². The van der Waals surface area contributed by atoms with Crippen LogP contribution in [0.2, 0.25) is 0 Å². The molecular weight excluding hydrogens is 160 g/mol. The Kier molecular flexibility index (Phi) is 2.89. The minimum Gasteiger partial charge on any atom is -0.327 e. The lowest BCUT2D eigenvalue weighted by Gasteiger charge is -2.15. The van der Waals surface area contributed by atoms with Gasteiger partial charge in [0.1, 0.15) is 0 Å². The van der Waals surface area contributed by atoms with Crippen LogP contribution in [-0.2, 0) is 0 Å². The first kappa shape index (κ1) is 9.47. The summed E-state index contributed by atoms with van der Waals surface area (Å²) in [6, 6.07) is 1.31. The molecule has 0 aromatic heterocycles. The highest BCUT2D eigenvalue weighted by molar-refractivity contribution is 4.93. The standard InChI is InChI=1S/C11H22N2/c1-2-8-6-11(8)13-7-9-4-3-5-10(9)12/h8-11,13H,2-7,12H2,1H3. The molecule has 4 atom stereocenters. The topological polar surface area (TPSA) is 38.0 Å². The third-order valence-corrected chi connectivity index (χ3v) is 3.81. The van der Waals surface area contributed by atoms with E-state index in [2.05, 4.69) is 12.2 Å². The lowest BCUT2D eigenvalue weighted by Crippen LogP contribution is -2.34. The molecule has 0 bridgehead atoms. The average molecular weight is 182 g/mol. The molecule has 2 fully saturated rings. The molecular formula is C11H22N2. The molecule has 0 aromatic rings. The van der Waals surface area contributed by atoms with Gasteiger partial charge in [0.15, 0.2) is 0 Å². The summed E-state index contributed by atoms with van der Waals surface area (Å²) in [6.07, 6.45) is 6.67. The number of nitrogens with two attached hydrogens (primary N) is 1. The summed E-state index contributed by atoms with van der Waals surface area (Å²) >= 11 is 0. The fraction of sp³-hybridized carbons (Fsp3) is 1.00. The highest BCUT2D eigenvalue weighted by Gasteiger charge is 2.35. The van der Waals surface area contributed by atoms with Crippen molar-refractivity contribution in [3.63, 3.8) is 0 Å². The molecule has 0 radical (unpaired) electrons. The Balaban J connectivity index is 1.63. The van der Waals surface area contributed by atoms with Gasteiger partial charge in [-0.05, 0) is 37.6 Å². The fourth-order valence-corrected chi connectivity index (χ4v) is 2.57. The second kappa shape index (κ2) is 3.97. The first-order valence-electron chi connectivity index (χ1n) is 5.80. The van der Waals surface area contributed by atoms with Gasteiger partial charge >= 0.3 is 0 Å². The second-order valence-corrected chi connectivity index (χ2v) is 4.77. The van der Waals surface area contributed by atoms with E-state index in [9.17, 15) is 0 Å². The van der Waals surface area contributed by atoms with Gasteiger partial charge in [-0.25, -0.2) is 0 Å². The predicted molar refractivity (Wildman–Crippen MR) is 55.5 cm³/mol.